The fraction of sp³-hybridized carbons (Fsp3) is 0.174. The Balaban J connectivity index is 1.82. The maximum atomic E-state index is 13.1. The predicted molar refractivity (Wildman–Crippen MR) is 113 cm³/mol. The van der Waals surface area contributed by atoms with Gasteiger partial charge in [-0.1, -0.05) is 72.3 Å². The van der Waals surface area contributed by atoms with Crippen LogP contribution < -0.4 is 15.4 Å². The zero-order valence-electron chi connectivity index (χ0n) is 15.9. The summed E-state index contributed by atoms with van der Waals surface area (Å²) >= 11 is 6.19. The molecule has 144 valence electrons. The molecule has 0 aliphatic carbocycles. The van der Waals surface area contributed by atoms with Gasteiger partial charge in [0.15, 0.2) is 6.04 Å². The fourth-order valence-electron chi connectivity index (χ4n) is 3.13. The van der Waals surface area contributed by atoms with Crippen molar-refractivity contribution in [1.82, 2.24) is 0 Å². The monoisotopic (exact) mass is 395 g/mol. The number of benzene rings is 3. The van der Waals surface area contributed by atoms with Crippen LogP contribution in [0.25, 0.3) is 0 Å². The molecule has 0 radical (unpaired) electrons. The second-order valence-corrected chi connectivity index (χ2v) is 7.03. The van der Waals surface area contributed by atoms with Crippen molar-refractivity contribution in [1.29, 1.82) is 0 Å². The Morgan fingerprint density at radius 1 is 0.964 bits per heavy atom. The Labute approximate surface area is 170 Å². The van der Waals surface area contributed by atoms with Gasteiger partial charge in [-0.2, -0.15) is 0 Å². The molecule has 0 spiro atoms. The average molecular weight is 396 g/mol. The molecule has 0 saturated heterocycles. The normalized spacial score (nSPS) is 12.8. The van der Waals surface area contributed by atoms with Crippen LogP contribution in [0.1, 0.15) is 30.1 Å². The number of rotatable bonds is 7. The number of amides is 1. The summed E-state index contributed by atoms with van der Waals surface area (Å²) in [5.74, 6) is 0.471. The lowest BCUT2D eigenvalue weighted by atomic mass is 10.0. The van der Waals surface area contributed by atoms with Crippen LogP contribution in [0.4, 0.5) is 5.69 Å². The van der Waals surface area contributed by atoms with E-state index in [0.717, 1.165) is 5.56 Å². The van der Waals surface area contributed by atoms with Gasteiger partial charge in [-0.15, -0.1) is 0 Å². The standard InChI is InChI=1S/C23H23ClN2O2/c1-16(17-9-5-3-6-10-17)25-22(18-11-7-4-8-12-18)23(27)26-19-13-14-21(28-2)20(24)15-19/h3-16,22,25H,1-2H3,(H,26,27)/p+1/t16-,22-/m1/s1. The fourth-order valence-corrected chi connectivity index (χ4v) is 3.39. The third kappa shape index (κ3) is 4.91. The average Bonchev–Trinajstić information content (AvgIpc) is 2.73. The summed E-state index contributed by atoms with van der Waals surface area (Å²) in [6, 6.07) is 24.9. The molecule has 0 aliphatic rings. The van der Waals surface area contributed by atoms with Crippen LogP contribution in [0.2, 0.25) is 5.02 Å². The number of carbonyl (C=O) groups excluding carboxylic acids is 1. The summed E-state index contributed by atoms with van der Waals surface area (Å²) in [7, 11) is 1.56. The van der Waals surface area contributed by atoms with E-state index in [1.165, 1.54) is 5.56 Å². The first-order valence-electron chi connectivity index (χ1n) is 9.17. The summed E-state index contributed by atoms with van der Waals surface area (Å²) in [5, 5.41) is 5.51. The molecule has 2 atom stereocenters. The molecule has 3 N–H and O–H groups in total. The maximum absolute atomic E-state index is 13.1. The zero-order valence-corrected chi connectivity index (χ0v) is 16.7. The van der Waals surface area contributed by atoms with Crippen molar-refractivity contribution < 1.29 is 14.8 Å². The summed E-state index contributed by atoms with van der Waals surface area (Å²) in [6.07, 6.45) is 0. The molecule has 28 heavy (non-hydrogen) atoms. The molecule has 0 unspecified atom stereocenters. The lowest BCUT2D eigenvalue weighted by Gasteiger charge is -2.20. The molecule has 3 aromatic rings. The van der Waals surface area contributed by atoms with Crippen LogP contribution >= 0.6 is 11.6 Å². The number of anilines is 1. The molecule has 4 nitrogen and oxygen atoms in total. The number of halogens is 1. The van der Waals surface area contributed by atoms with E-state index in [-0.39, 0.29) is 11.9 Å². The molecule has 0 aromatic heterocycles. The van der Waals surface area contributed by atoms with Crippen molar-refractivity contribution in [2.24, 2.45) is 0 Å². The number of hydrogen-bond donors (Lipinski definition) is 2. The van der Waals surface area contributed by atoms with Crippen molar-refractivity contribution >= 4 is 23.2 Å². The minimum absolute atomic E-state index is 0.102. The molecule has 0 heterocycles. The number of quaternary nitrogens is 1. The zero-order chi connectivity index (χ0) is 19.9. The summed E-state index contributed by atoms with van der Waals surface area (Å²) < 4.78 is 5.17. The Bertz CT molecular complexity index is 916. The van der Waals surface area contributed by atoms with E-state index in [4.69, 9.17) is 16.3 Å². The minimum Gasteiger partial charge on any atom is -0.495 e. The van der Waals surface area contributed by atoms with Crippen molar-refractivity contribution in [3.05, 3.63) is 95.0 Å². The summed E-state index contributed by atoms with van der Waals surface area (Å²) in [5.41, 5.74) is 2.75. The number of hydrogen-bond acceptors (Lipinski definition) is 2. The van der Waals surface area contributed by atoms with E-state index in [0.29, 0.717) is 16.5 Å². The van der Waals surface area contributed by atoms with E-state index in [1.54, 1.807) is 25.3 Å². The Morgan fingerprint density at radius 3 is 2.14 bits per heavy atom. The maximum Gasteiger partial charge on any atom is 0.287 e. The largest absolute Gasteiger partial charge is 0.495 e. The van der Waals surface area contributed by atoms with E-state index >= 15 is 0 Å². The highest BCUT2D eigenvalue weighted by atomic mass is 35.5. The lowest BCUT2D eigenvalue weighted by Crippen LogP contribution is -2.87. The molecule has 0 aliphatic heterocycles. The highest BCUT2D eigenvalue weighted by Crippen LogP contribution is 2.27. The van der Waals surface area contributed by atoms with Crippen molar-refractivity contribution in [2.45, 2.75) is 19.0 Å². The minimum atomic E-state index is -0.391. The van der Waals surface area contributed by atoms with Gasteiger partial charge >= 0.3 is 0 Å². The summed E-state index contributed by atoms with van der Waals surface area (Å²) in [6.45, 7) is 2.10. The first-order chi connectivity index (χ1) is 13.6. The SMILES string of the molecule is COc1ccc(NC(=O)[C@H]([NH2+][C@H](C)c2ccccc2)c2ccccc2)cc1Cl. The second kappa shape index (κ2) is 9.40. The third-order valence-corrected chi connectivity index (χ3v) is 4.96. The van der Waals surface area contributed by atoms with Crippen LogP contribution in [-0.4, -0.2) is 13.0 Å². The molecule has 0 saturated carbocycles. The van der Waals surface area contributed by atoms with E-state index in [9.17, 15) is 4.79 Å². The number of nitrogens with two attached hydrogens (primary N) is 1. The molecular formula is C23H24ClN2O2+. The van der Waals surface area contributed by atoms with Gasteiger partial charge in [0.05, 0.1) is 12.1 Å². The molecule has 5 heteroatoms. The lowest BCUT2D eigenvalue weighted by molar-refractivity contribution is -0.718. The number of ether oxygens (including phenoxy) is 1. The van der Waals surface area contributed by atoms with Crippen LogP contribution in [0.5, 0.6) is 5.75 Å². The molecule has 0 bridgehead atoms. The number of nitrogens with one attached hydrogen (secondary N) is 1. The molecule has 1 amide bonds. The smallest absolute Gasteiger partial charge is 0.287 e. The van der Waals surface area contributed by atoms with Gasteiger partial charge in [-0.25, -0.2) is 0 Å². The van der Waals surface area contributed by atoms with Crippen molar-refractivity contribution in [3.63, 3.8) is 0 Å². The van der Waals surface area contributed by atoms with E-state index in [1.807, 2.05) is 48.5 Å². The molecule has 3 aromatic carbocycles. The Kier molecular flexibility index (Phi) is 6.69. The van der Waals surface area contributed by atoms with E-state index < -0.39 is 6.04 Å². The van der Waals surface area contributed by atoms with Gasteiger partial charge in [-0.3, -0.25) is 4.79 Å². The highest BCUT2D eigenvalue weighted by Gasteiger charge is 2.27. The van der Waals surface area contributed by atoms with E-state index in [2.05, 4.69) is 29.7 Å². The first-order valence-corrected chi connectivity index (χ1v) is 9.55. The van der Waals surface area contributed by atoms with Gasteiger partial charge in [-0.05, 0) is 25.1 Å². The second-order valence-electron chi connectivity index (χ2n) is 6.62. The van der Waals surface area contributed by atoms with Gasteiger partial charge < -0.3 is 15.4 Å². The van der Waals surface area contributed by atoms with Crippen molar-refractivity contribution in [3.8, 4) is 5.75 Å². The topological polar surface area (TPSA) is 54.9 Å². The van der Waals surface area contributed by atoms with Gasteiger partial charge in [0, 0.05) is 16.8 Å². The number of carbonyl (C=O) groups is 1. The van der Waals surface area contributed by atoms with Gasteiger partial charge in [0.2, 0.25) is 0 Å². The molecule has 3 rings (SSSR count). The van der Waals surface area contributed by atoms with Gasteiger partial charge in [0.25, 0.3) is 5.91 Å². The quantitative estimate of drug-likeness (QED) is 0.624. The Morgan fingerprint density at radius 2 is 1.57 bits per heavy atom. The predicted octanol–water partition coefficient (Wildman–Crippen LogP) is 4.35. The van der Waals surface area contributed by atoms with Crippen LogP contribution in [-0.2, 0) is 4.79 Å². The van der Waals surface area contributed by atoms with Crippen LogP contribution in [0.15, 0.2) is 78.9 Å². The first kappa shape index (κ1) is 19.9. The summed E-state index contributed by atoms with van der Waals surface area (Å²) in [4.78, 5) is 13.1. The van der Waals surface area contributed by atoms with Gasteiger partial charge in [0.1, 0.15) is 11.8 Å². The highest BCUT2D eigenvalue weighted by molar-refractivity contribution is 6.32. The van der Waals surface area contributed by atoms with Crippen molar-refractivity contribution in [2.75, 3.05) is 12.4 Å². The van der Waals surface area contributed by atoms with Crippen LogP contribution in [0, 0.1) is 0 Å². The molecule has 0 fully saturated rings. The molecular weight excluding hydrogens is 372 g/mol. The van der Waals surface area contributed by atoms with Crippen LogP contribution in [0.3, 0.4) is 0 Å². The Hall–Kier alpha value is -2.82. The third-order valence-electron chi connectivity index (χ3n) is 4.67. The number of methoxy groups -OCH3 is 1.